The van der Waals surface area contributed by atoms with Crippen LogP contribution in [0.2, 0.25) is 0 Å². The summed E-state index contributed by atoms with van der Waals surface area (Å²) in [5.74, 6) is 0.575. The third kappa shape index (κ3) is 3.96. The molecule has 4 heteroatoms. The van der Waals surface area contributed by atoms with Gasteiger partial charge >= 0.3 is 0 Å². The van der Waals surface area contributed by atoms with Gasteiger partial charge in [-0.3, -0.25) is 4.79 Å². The molecule has 1 aliphatic rings. The highest BCUT2D eigenvalue weighted by molar-refractivity contribution is 9.10. The summed E-state index contributed by atoms with van der Waals surface area (Å²) >= 11 is 9.56. The topological polar surface area (TPSA) is 29.1 Å². The van der Waals surface area contributed by atoms with Crippen molar-refractivity contribution in [2.45, 2.75) is 38.0 Å². The summed E-state index contributed by atoms with van der Waals surface area (Å²) in [5.41, 5.74) is 1.79. The van der Waals surface area contributed by atoms with Crippen LogP contribution in [-0.2, 0) is 0 Å². The number of benzene rings is 1. The van der Waals surface area contributed by atoms with Gasteiger partial charge < -0.3 is 5.32 Å². The lowest BCUT2D eigenvalue weighted by atomic mass is 9.89. The van der Waals surface area contributed by atoms with E-state index in [2.05, 4.69) is 21.2 Å². The Morgan fingerprint density at radius 1 is 1.37 bits per heavy atom. The number of nitrogens with one attached hydrogen (secondary N) is 1. The van der Waals surface area contributed by atoms with E-state index in [1.165, 1.54) is 0 Å². The highest BCUT2D eigenvalue weighted by atomic mass is 79.9. The molecule has 0 bridgehead atoms. The van der Waals surface area contributed by atoms with Gasteiger partial charge in [-0.15, -0.1) is 11.6 Å². The minimum Gasteiger partial charge on any atom is -0.352 e. The van der Waals surface area contributed by atoms with Crippen LogP contribution in [0.25, 0.3) is 0 Å². The maximum absolute atomic E-state index is 12.2. The van der Waals surface area contributed by atoms with Crippen molar-refractivity contribution in [3.05, 3.63) is 33.8 Å². The quantitative estimate of drug-likeness (QED) is 0.815. The maximum Gasteiger partial charge on any atom is 0.252 e. The minimum atomic E-state index is 0.00331. The first-order chi connectivity index (χ1) is 9.08. The van der Waals surface area contributed by atoms with Gasteiger partial charge in [0.2, 0.25) is 0 Å². The van der Waals surface area contributed by atoms with Gasteiger partial charge in [0.25, 0.3) is 5.91 Å². The summed E-state index contributed by atoms with van der Waals surface area (Å²) in [6.07, 6.45) is 4.36. The smallest absolute Gasteiger partial charge is 0.252 e. The lowest BCUT2D eigenvalue weighted by Gasteiger charge is -2.25. The summed E-state index contributed by atoms with van der Waals surface area (Å²) in [4.78, 5) is 12.2. The Morgan fingerprint density at radius 3 is 2.74 bits per heavy atom. The van der Waals surface area contributed by atoms with Crippen molar-refractivity contribution in [3.63, 3.8) is 0 Å². The lowest BCUT2D eigenvalue weighted by molar-refractivity contribution is 0.0943. The number of rotatable bonds is 3. The fourth-order valence-electron chi connectivity index (χ4n) is 2.48. The molecule has 0 aromatic heterocycles. The van der Waals surface area contributed by atoms with Crippen LogP contribution < -0.4 is 5.32 Å². The molecular formula is C15H19BrClNO. The first kappa shape index (κ1) is 14.9. The van der Waals surface area contributed by atoms with Crippen LogP contribution in [0.15, 0.2) is 22.7 Å². The third-order valence-corrected chi connectivity index (χ3v) is 5.25. The van der Waals surface area contributed by atoms with Crippen molar-refractivity contribution >= 4 is 33.4 Å². The predicted octanol–water partition coefficient (Wildman–Crippen LogP) is 4.28. The van der Waals surface area contributed by atoms with E-state index >= 15 is 0 Å². The van der Waals surface area contributed by atoms with E-state index in [1.54, 1.807) is 0 Å². The van der Waals surface area contributed by atoms with Crippen molar-refractivity contribution in [2.75, 3.05) is 6.54 Å². The third-order valence-electron chi connectivity index (χ3n) is 3.76. The Bertz CT molecular complexity index is 455. The number of hydrogen-bond donors (Lipinski definition) is 1. The number of carbonyl (C=O) groups excluding carboxylic acids is 1. The van der Waals surface area contributed by atoms with Gasteiger partial charge in [0.1, 0.15) is 0 Å². The molecule has 1 N–H and O–H groups in total. The van der Waals surface area contributed by atoms with Gasteiger partial charge in [0, 0.05) is 16.4 Å². The van der Waals surface area contributed by atoms with E-state index in [-0.39, 0.29) is 5.91 Å². The molecule has 1 amide bonds. The van der Waals surface area contributed by atoms with Gasteiger partial charge in [0.05, 0.1) is 5.56 Å². The average Bonchev–Trinajstić information content (AvgIpc) is 2.41. The second kappa shape index (κ2) is 6.76. The second-order valence-electron chi connectivity index (χ2n) is 5.26. The molecular weight excluding hydrogens is 326 g/mol. The van der Waals surface area contributed by atoms with Crippen molar-refractivity contribution in [3.8, 4) is 0 Å². The molecule has 1 fully saturated rings. The number of carbonyl (C=O) groups is 1. The molecule has 0 spiro atoms. The van der Waals surface area contributed by atoms with Crippen LogP contribution in [0.1, 0.15) is 41.6 Å². The number of aryl methyl sites for hydroxylation is 1. The van der Waals surface area contributed by atoms with E-state index in [0.717, 1.165) is 42.3 Å². The molecule has 0 heterocycles. The molecule has 2 nitrogen and oxygen atoms in total. The average molecular weight is 345 g/mol. The molecule has 1 aromatic carbocycles. The zero-order valence-corrected chi connectivity index (χ0v) is 13.4. The van der Waals surface area contributed by atoms with E-state index in [4.69, 9.17) is 11.6 Å². The molecule has 0 unspecified atom stereocenters. The highest BCUT2D eigenvalue weighted by Crippen LogP contribution is 2.27. The summed E-state index contributed by atoms with van der Waals surface area (Å²) in [7, 11) is 0. The minimum absolute atomic E-state index is 0.00331. The summed E-state index contributed by atoms with van der Waals surface area (Å²) in [6.45, 7) is 2.74. The summed E-state index contributed by atoms with van der Waals surface area (Å²) < 4.78 is 0.886. The number of hydrogen-bond acceptors (Lipinski definition) is 1. The van der Waals surface area contributed by atoms with Crippen LogP contribution in [0.5, 0.6) is 0 Å². The zero-order valence-electron chi connectivity index (χ0n) is 11.1. The Balaban J connectivity index is 1.89. The molecule has 2 rings (SSSR count). The SMILES string of the molecule is Cc1cccc(C(=O)NCC2CCC(Cl)CC2)c1Br. The number of halogens is 2. The Labute approximate surface area is 128 Å². The molecule has 104 valence electrons. The van der Waals surface area contributed by atoms with Gasteiger partial charge in [0.15, 0.2) is 0 Å². The molecule has 1 aromatic rings. The first-order valence-corrected chi connectivity index (χ1v) is 7.98. The number of alkyl halides is 1. The van der Waals surface area contributed by atoms with Crippen molar-refractivity contribution in [2.24, 2.45) is 5.92 Å². The van der Waals surface area contributed by atoms with Crippen LogP contribution >= 0.6 is 27.5 Å². The first-order valence-electron chi connectivity index (χ1n) is 6.75. The number of amides is 1. The van der Waals surface area contributed by atoms with Crippen LogP contribution in [0, 0.1) is 12.8 Å². The molecule has 0 atom stereocenters. The molecule has 0 radical (unpaired) electrons. The fraction of sp³-hybridized carbons (Fsp3) is 0.533. The van der Waals surface area contributed by atoms with Gasteiger partial charge in [-0.2, -0.15) is 0 Å². The normalized spacial score (nSPS) is 23.1. The molecule has 1 saturated carbocycles. The maximum atomic E-state index is 12.2. The largest absolute Gasteiger partial charge is 0.352 e. The lowest BCUT2D eigenvalue weighted by Crippen LogP contribution is -2.31. The van der Waals surface area contributed by atoms with E-state index in [0.29, 0.717) is 16.9 Å². The molecule has 1 aliphatic carbocycles. The van der Waals surface area contributed by atoms with E-state index < -0.39 is 0 Å². The highest BCUT2D eigenvalue weighted by Gasteiger charge is 2.20. The van der Waals surface area contributed by atoms with Crippen molar-refractivity contribution < 1.29 is 4.79 Å². The zero-order chi connectivity index (χ0) is 13.8. The van der Waals surface area contributed by atoms with Crippen molar-refractivity contribution in [1.82, 2.24) is 5.32 Å². The van der Waals surface area contributed by atoms with Crippen molar-refractivity contribution in [1.29, 1.82) is 0 Å². The molecule has 0 saturated heterocycles. The van der Waals surface area contributed by atoms with E-state index in [1.807, 2.05) is 25.1 Å². The summed E-state index contributed by atoms with van der Waals surface area (Å²) in [6, 6.07) is 5.75. The van der Waals surface area contributed by atoms with Crippen LogP contribution in [0.3, 0.4) is 0 Å². The standard InChI is InChI=1S/C15H19BrClNO/c1-10-3-2-4-13(14(10)16)15(19)18-9-11-5-7-12(17)8-6-11/h2-4,11-12H,5-9H2,1H3,(H,18,19). The predicted molar refractivity (Wildman–Crippen MR) is 82.8 cm³/mol. The Hall–Kier alpha value is -0.540. The van der Waals surface area contributed by atoms with Gasteiger partial charge in [-0.25, -0.2) is 0 Å². The fourth-order valence-corrected chi connectivity index (χ4v) is 3.18. The Kier molecular flexibility index (Phi) is 5.28. The van der Waals surface area contributed by atoms with E-state index in [9.17, 15) is 4.79 Å². The van der Waals surface area contributed by atoms with Gasteiger partial charge in [-0.05, 0) is 66.1 Å². The summed E-state index contributed by atoms with van der Waals surface area (Å²) in [5, 5.41) is 3.37. The second-order valence-corrected chi connectivity index (χ2v) is 6.67. The molecule has 19 heavy (non-hydrogen) atoms. The molecule has 0 aliphatic heterocycles. The van der Waals surface area contributed by atoms with Crippen LogP contribution in [-0.4, -0.2) is 17.8 Å². The van der Waals surface area contributed by atoms with Crippen LogP contribution in [0.4, 0.5) is 0 Å². The monoisotopic (exact) mass is 343 g/mol. The van der Waals surface area contributed by atoms with Gasteiger partial charge in [-0.1, -0.05) is 12.1 Å². The Morgan fingerprint density at radius 2 is 2.05 bits per heavy atom.